The zero-order chi connectivity index (χ0) is 39.9. The molecule has 9 aromatic rings. The topological polar surface area (TPSA) is 56.7 Å². The number of nitrogens with zero attached hydrogens (tertiary/aromatic N) is 4. The smallest absolute Gasteiger partial charge is 0.216 e. The first-order valence-corrected chi connectivity index (χ1v) is 22.2. The molecule has 0 spiro atoms. The standard InChI is InChI=1S/C31H20N3O.C18H24NSi.Ir/c1-20-18-19-24-23-13-9-14-25(29(23)35-31(24)32-20)30-33-26-15-6-8-17-28(26)34(30)27-16-7-5-12-22(27)21-10-3-2-4-11-21;1-14(2)11-16-12-17(15-9-7-6-8-10-15)19-13-18(16)20(3,4)5;/h2-13,15-19H,1H3;6-9,12-14H,11H2,1-5H3;/q2*-1;/i;11D2;. The third-order valence-electron chi connectivity index (χ3n) is 9.59. The maximum Gasteiger partial charge on any atom is 0.216 e. The normalized spacial score (nSPS) is 12.3. The molecule has 0 aliphatic heterocycles. The van der Waals surface area contributed by atoms with Crippen molar-refractivity contribution in [3.63, 3.8) is 0 Å². The molecule has 7 heteroatoms. The fourth-order valence-corrected chi connectivity index (χ4v) is 8.44. The van der Waals surface area contributed by atoms with Crippen molar-refractivity contribution in [1.29, 1.82) is 0 Å². The minimum absolute atomic E-state index is 0. The van der Waals surface area contributed by atoms with Gasteiger partial charge in [-0.05, 0) is 66.0 Å². The van der Waals surface area contributed by atoms with Gasteiger partial charge in [-0.15, -0.1) is 54.1 Å². The van der Waals surface area contributed by atoms with Crippen molar-refractivity contribution >= 4 is 46.4 Å². The Hall–Kier alpha value is -5.46. The van der Waals surface area contributed by atoms with Crippen LogP contribution in [0.4, 0.5) is 0 Å². The number of furan rings is 1. The zero-order valence-corrected chi connectivity index (χ0v) is 35.8. The molecule has 5 aromatic carbocycles. The van der Waals surface area contributed by atoms with E-state index in [0.717, 1.165) is 83.3 Å². The van der Waals surface area contributed by atoms with Crippen LogP contribution in [0.15, 0.2) is 144 Å². The number of aromatic nitrogens is 4. The molecule has 0 bridgehead atoms. The Morgan fingerprint density at radius 2 is 1.54 bits per heavy atom. The minimum atomic E-state index is -1.67. The van der Waals surface area contributed by atoms with Crippen molar-refractivity contribution in [1.82, 2.24) is 19.5 Å². The van der Waals surface area contributed by atoms with Crippen molar-refractivity contribution in [2.75, 3.05) is 0 Å². The number of aryl methyl sites for hydroxylation is 1. The fraction of sp³-hybridized carbons (Fsp3) is 0.163. The van der Waals surface area contributed by atoms with Crippen LogP contribution in [0.2, 0.25) is 19.6 Å². The van der Waals surface area contributed by atoms with Crippen molar-refractivity contribution in [3.8, 4) is 39.5 Å². The molecule has 9 rings (SSSR count). The fourth-order valence-electron chi connectivity index (χ4n) is 7.03. The summed E-state index contributed by atoms with van der Waals surface area (Å²) in [5, 5.41) is 3.11. The number of rotatable bonds is 7. The molecule has 4 heterocycles. The summed E-state index contributed by atoms with van der Waals surface area (Å²) in [7, 11) is -1.67. The summed E-state index contributed by atoms with van der Waals surface area (Å²) >= 11 is 0. The molecular weight excluding hydrogens is 881 g/mol. The van der Waals surface area contributed by atoms with Gasteiger partial charge >= 0.3 is 0 Å². The van der Waals surface area contributed by atoms with Crippen molar-refractivity contribution in [2.45, 2.75) is 46.8 Å². The summed E-state index contributed by atoms with van der Waals surface area (Å²) in [6.45, 7) is 12.5. The molecule has 0 saturated heterocycles. The van der Waals surface area contributed by atoms with Crippen molar-refractivity contribution < 1.29 is 27.3 Å². The Kier molecular flexibility index (Phi) is 10.6. The predicted octanol–water partition coefficient (Wildman–Crippen LogP) is 12.1. The van der Waals surface area contributed by atoms with E-state index in [-0.39, 0.29) is 26.0 Å². The van der Waals surface area contributed by atoms with E-state index in [1.165, 1.54) is 0 Å². The molecule has 281 valence electrons. The number of fused-ring (bicyclic) bond motifs is 4. The van der Waals surface area contributed by atoms with E-state index in [1.54, 1.807) is 0 Å². The van der Waals surface area contributed by atoms with Crippen LogP contribution in [-0.2, 0) is 26.5 Å². The number of hydrogen-bond acceptors (Lipinski definition) is 4. The van der Waals surface area contributed by atoms with E-state index >= 15 is 0 Å². The number of benzene rings is 5. The molecule has 0 fully saturated rings. The van der Waals surface area contributed by atoms with E-state index in [4.69, 9.17) is 12.1 Å². The second-order valence-electron chi connectivity index (χ2n) is 15.1. The number of imidazole rings is 1. The van der Waals surface area contributed by atoms with Gasteiger partial charge in [0.05, 0.1) is 30.5 Å². The van der Waals surface area contributed by atoms with E-state index < -0.39 is 14.4 Å². The van der Waals surface area contributed by atoms with Crippen LogP contribution in [0, 0.1) is 25.0 Å². The van der Waals surface area contributed by atoms with Gasteiger partial charge in [-0.3, -0.25) is 4.98 Å². The molecule has 0 amide bonds. The van der Waals surface area contributed by atoms with E-state index in [0.29, 0.717) is 5.71 Å². The van der Waals surface area contributed by atoms with Gasteiger partial charge in [0, 0.05) is 51.4 Å². The van der Waals surface area contributed by atoms with Gasteiger partial charge in [0.15, 0.2) is 0 Å². The Morgan fingerprint density at radius 3 is 2.30 bits per heavy atom. The molecule has 0 atom stereocenters. The summed E-state index contributed by atoms with van der Waals surface area (Å²) in [6.07, 6.45) is 0.528. The van der Waals surface area contributed by atoms with Gasteiger partial charge in [-0.25, -0.2) is 4.98 Å². The molecule has 56 heavy (non-hydrogen) atoms. The number of para-hydroxylation sites is 3. The van der Waals surface area contributed by atoms with Gasteiger partial charge in [-0.1, -0.05) is 117 Å². The molecule has 0 aliphatic rings. The molecule has 5 nitrogen and oxygen atoms in total. The maximum absolute atomic E-state index is 8.55. The molecular formula is C49H44IrN4OSi-2. The number of pyridine rings is 2. The Labute approximate surface area is 346 Å². The molecule has 0 N–H and O–H groups in total. The van der Waals surface area contributed by atoms with Crippen LogP contribution < -0.4 is 5.19 Å². The largest absolute Gasteiger partial charge is 0.486 e. The Bertz CT molecular complexity index is 2870. The summed E-state index contributed by atoms with van der Waals surface area (Å²) in [5.74, 6) is 0.702. The molecule has 0 saturated carbocycles. The first kappa shape index (κ1) is 36.2. The van der Waals surface area contributed by atoms with Crippen LogP contribution >= 0.6 is 0 Å². The average molecular weight is 927 g/mol. The SMILES string of the molecule is Cc1ccc2c(n1)oc1c(-c3nc4ccccc4n3-c3ccccc3-c3ccccc3)[c-]ccc12.[2H]C([2H])(c1cc(-c2[c-]cccc2)ncc1[Si](C)(C)C)C(C)C.[Ir]. The summed E-state index contributed by atoms with van der Waals surface area (Å²) in [5.41, 5.74) is 10.9. The molecule has 4 aromatic heterocycles. The van der Waals surface area contributed by atoms with Crippen LogP contribution in [-0.4, -0.2) is 27.6 Å². The van der Waals surface area contributed by atoms with Crippen LogP contribution in [0.25, 0.3) is 72.6 Å². The van der Waals surface area contributed by atoms with Gasteiger partial charge < -0.3 is 14.0 Å². The van der Waals surface area contributed by atoms with Crippen LogP contribution in [0.1, 0.15) is 27.8 Å². The van der Waals surface area contributed by atoms with Gasteiger partial charge in [0.25, 0.3) is 0 Å². The summed E-state index contributed by atoms with van der Waals surface area (Å²) < 4.78 is 25.6. The first-order valence-electron chi connectivity index (χ1n) is 19.7. The predicted molar refractivity (Wildman–Crippen MR) is 231 cm³/mol. The third kappa shape index (κ3) is 7.81. The van der Waals surface area contributed by atoms with Crippen LogP contribution in [0.5, 0.6) is 0 Å². The van der Waals surface area contributed by atoms with E-state index in [1.807, 2.05) is 99.8 Å². The average Bonchev–Trinajstić information content (AvgIpc) is 3.79. The van der Waals surface area contributed by atoms with Gasteiger partial charge in [-0.2, -0.15) is 0 Å². The van der Waals surface area contributed by atoms with Crippen LogP contribution in [0.3, 0.4) is 0 Å². The van der Waals surface area contributed by atoms with Crippen molar-refractivity contribution in [2.24, 2.45) is 5.92 Å². The monoisotopic (exact) mass is 927 g/mol. The zero-order valence-electron chi connectivity index (χ0n) is 34.4. The van der Waals surface area contributed by atoms with E-state index in [2.05, 4.69) is 107 Å². The summed E-state index contributed by atoms with van der Waals surface area (Å²) in [6, 6.07) is 51.4. The van der Waals surface area contributed by atoms with Crippen molar-refractivity contribution in [3.05, 3.63) is 163 Å². The molecule has 1 radical (unpaired) electrons. The molecule has 0 unspecified atom stereocenters. The Morgan fingerprint density at radius 1 is 0.786 bits per heavy atom. The molecule has 0 aliphatic carbocycles. The Balaban J connectivity index is 0.000000194. The van der Waals surface area contributed by atoms with Gasteiger partial charge in [0.1, 0.15) is 0 Å². The third-order valence-corrected chi connectivity index (χ3v) is 11.6. The maximum atomic E-state index is 8.55. The minimum Gasteiger partial charge on any atom is -0.486 e. The second kappa shape index (κ2) is 16.3. The van der Waals surface area contributed by atoms with E-state index in [9.17, 15) is 0 Å². The first-order chi connectivity index (χ1) is 27.4. The number of hydrogen-bond donors (Lipinski definition) is 0. The quantitative estimate of drug-likeness (QED) is 0.118. The summed E-state index contributed by atoms with van der Waals surface area (Å²) in [4.78, 5) is 14.3. The van der Waals surface area contributed by atoms with Gasteiger partial charge in [0.2, 0.25) is 5.71 Å². The second-order valence-corrected chi connectivity index (χ2v) is 20.1.